The van der Waals surface area contributed by atoms with Gasteiger partial charge in [-0.05, 0) is 110 Å². The molecular weight excluding hydrogens is 797 g/mol. The summed E-state index contributed by atoms with van der Waals surface area (Å²) in [5, 5.41) is 4.91. The Morgan fingerprint density at radius 1 is 0.258 bits per heavy atom. The second-order valence-corrected chi connectivity index (χ2v) is 16.9. The molecule has 0 atom stereocenters. The molecule has 12 rings (SSSR count). The maximum absolute atomic E-state index is 2.44. The Kier molecular flexibility index (Phi) is 9.89. The molecule has 0 aliphatic rings. The van der Waals surface area contributed by atoms with Crippen molar-refractivity contribution in [3.8, 4) is 61.3 Å². The normalized spacial score (nSPS) is 11.3. The molecule has 11 aromatic carbocycles. The lowest BCUT2D eigenvalue weighted by atomic mass is 9.92. The van der Waals surface area contributed by atoms with Crippen molar-refractivity contribution in [3.05, 3.63) is 267 Å². The van der Waals surface area contributed by atoms with E-state index in [1.807, 2.05) is 0 Å². The predicted octanol–water partition coefficient (Wildman–Crippen LogP) is 17.7. The number of rotatable bonds is 9. The number of benzene rings is 11. The maximum atomic E-state index is 2.44. The number of hydrogen-bond acceptors (Lipinski definition) is 1. The van der Waals surface area contributed by atoms with Gasteiger partial charge in [0, 0.05) is 33.3 Å². The van der Waals surface area contributed by atoms with Crippen molar-refractivity contribution in [2.75, 3.05) is 4.90 Å². The van der Waals surface area contributed by atoms with E-state index in [0.717, 1.165) is 45.0 Å². The van der Waals surface area contributed by atoms with Crippen molar-refractivity contribution in [2.45, 2.75) is 0 Å². The van der Waals surface area contributed by atoms with Crippen molar-refractivity contribution in [2.24, 2.45) is 0 Å². The summed E-state index contributed by atoms with van der Waals surface area (Å²) >= 11 is 0. The fourth-order valence-corrected chi connectivity index (χ4v) is 9.84. The Labute approximate surface area is 385 Å². The summed E-state index contributed by atoms with van der Waals surface area (Å²) in [6, 6.07) is 97.0. The van der Waals surface area contributed by atoms with E-state index in [4.69, 9.17) is 0 Å². The number of para-hydroxylation sites is 3. The van der Waals surface area contributed by atoms with Gasteiger partial charge < -0.3 is 9.47 Å². The summed E-state index contributed by atoms with van der Waals surface area (Å²) in [7, 11) is 0. The van der Waals surface area contributed by atoms with Crippen LogP contribution in [0.4, 0.5) is 17.1 Å². The van der Waals surface area contributed by atoms with Gasteiger partial charge in [0.25, 0.3) is 0 Å². The van der Waals surface area contributed by atoms with E-state index in [2.05, 4.69) is 276 Å². The molecule has 12 aromatic rings. The van der Waals surface area contributed by atoms with Crippen LogP contribution >= 0.6 is 0 Å². The minimum Gasteiger partial charge on any atom is -0.310 e. The molecule has 0 amide bonds. The molecule has 0 N–H and O–H groups in total. The minimum atomic E-state index is 1.07. The number of fused-ring (bicyclic) bond motifs is 4. The number of nitrogens with zero attached hydrogens (tertiary/aromatic N) is 2. The number of anilines is 3. The first-order valence-electron chi connectivity index (χ1n) is 22.7. The van der Waals surface area contributed by atoms with Gasteiger partial charge >= 0.3 is 0 Å². The molecular formula is C64H44N2. The summed E-state index contributed by atoms with van der Waals surface area (Å²) in [4.78, 5) is 2.44. The monoisotopic (exact) mass is 840 g/mol. The average Bonchev–Trinajstić information content (AvgIpc) is 3.74. The van der Waals surface area contributed by atoms with Crippen LogP contribution in [0.15, 0.2) is 267 Å². The third kappa shape index (κ3) is 7.02. The highest BCUT2D eigenvalue weighted by atomic mass is 15.1. The maximum Gasteiger partial charge on any atom is 0.0541 e. The summed E-state index contributed by atoms with van der Waals surface area (Å²) in [6.07, 6.45) is 0. The van der Waals surface area contributed by atoms with Gasteiger partial charge in [0.15, 0.2) is 0 Å². The van der Waals surface area contributed by atoms with Crippen LogP contribution in [-0.2, 0) is 0 Å². The quantitative estimate of drug-likeness (QED) is 0.141. The van der Waals surface area contributed by atoms with Crippen molar-refractivity contribution >= 4 is 49.6 Å². The van der Waals surface area contributed by atoms with Gasteiger partial charge in [0.1, 0.15) is 0 Å². The zero-order valence-electron chi connectivity index (χ0n) is 36.3. The highest BCUT2D eigenvalue weighted by molar-refractivity contribution is 6.10. The number of hydrogen-bond donors (Lipinski definition) is 0. The van der Waals surface area contributed by atoms with Crippen LogP contribution in [-0.4, -0.2) is 4.57 Å². The van der Waals surface area contributed by atoms with Gasteiger partial charge in [0.05, 0.1) is 22.4 Å². The van der Waals surface area contributed by atoms with E-state index in [0.29, 0.717) is 0 Å². The van der Waals surface area contributed by atoms with E-state index in [1.54, 1.807) is 0 Å². The molecule has 1 heterocycles. The number of aromatic nitrogens is 1. The third-order valence-electron chi connectivity index (χ3n) is 13.0. The van der Waals surface area contributed by atoms with Gasteiger partial charge in [-0.15, -0.1) is 0 Å². The van der Waals surface area contributed by atoms with E-state index < -0.39 is 0 Å². The summed E-state index contributed by atoms with van der Waals surface area (Å²) in [6.45, 7) is 0. The molecule has 0 aliphatic carbocycles. The lowest BCUT2D eigenvalue weighted by Gasteiger charge is -2.29. The van der Waals surface area contributed by atoms with Crippen molar-refractivity contribution in [1.82, 2.24) is 4.57 Å². The topological polar surface area (TPSA) is 8.17 Å². The first-order valence-corrected chi connectivity index (χ1v) is 22.7. The Balaban J connectivity index is 1.06. The smallest absolute Gasteiger partial charge is 0.0541 e. The van der Waals surface area contributed by atoms with E-state index in [-0.39, 0.29) is 0 Å². The highest BCUT2D eigenvalue weighted by Gasteiger charge is 2.22. The predicted molar refractivity (Wildman–Crippen MR) is 280 cm³/mol. The third-order valence-corrected chi connectivity index (χ3v) is 13.0. The Bertz CT molecular complexity index is 3620. The van der Waals surface area contributed by atoms with Gasteiger partial charge in [-0.3, -0.25) is 0 Å². The molecule has 0 saturated heterocycles. The van der Waals surface area contributed by atoms with Crippen LogP contribution in [0.3, 0.4) is 0 Å². The molecule has 2 nitrogen and oxygen atoms in total. The van der Waals surface area contributed by atoms with E-state index in [9.17, 15) is 0 Å². The van der Waals surface area contributed by atoms with Gasteiger partial charge in [0.2, 0.25) is 0 Å². The second kappa shape index (κ2) is 16.8. The van der Waals surface area contributed by atoms with Crippen molar-refractivity contribution < 1.29 is 0 Å². The summed E-state index contributed by atoms with van der Waals surface area (Å²) in [5.74, 6) is 0. The SMILES string of the molecule is c1ccc(-c2ccc(-c3ccc(N(c4cccc(-c5ccccc5)c4)c4ccc(-c5ccccc5-n5c6ccccc6c6ccccc65)cc4-c4cccc5ccccc45)cc3)cc2)cc1. The molecule has 0 unspecified atom stereocenters. The molecule has 0 bridgehead atoms. The van der Waals surface area contributed by atoms with Crippen LogP contribution in [0, 0.1) is 0 Å². The first kappa shape index (κ1) is 38.9. The van der Waals surface area contributed by atoms with Crippen LogP contribution in [0.1, 0.15) is 0 Å². The van der Waals surface area contributed by atoms with Crippen molar-refractivity contribution in [3.63, 3.8) is 0 Å². The highest BCUT2D eigenvalue weighted by Crippen LogP contribution is 2.46. The molecule has 0 aliphatic heterocycles. The average molecular weight is 841 g/mol. The van der Waals surface area contributed by atoms with Crippen LogP contribution in [0.25, 0.3) is 93.9 Å². The second-order valence-electron chi connectivity index (χ2n) is 16.9. The minimum absolute atomic E-state index is 1.07. The van der Waals surface area contributed by atoms with Gasteiger partial charge in [-0.25, -0.2) is 0 Å². The molecule has 0 radical (unpaired) electrons. The molecule has 0 saturated carbocycles. The van der Waals surface area contributed by atoms with Gasteiger partial charge in [-0.1, -0.05) is 212 Å². The molecule has 66 heavy (non-hydrogen) atoms. The Morgan fingerprint density at radius 3 is 1.41 bits per heavy atom. The molecule has 1 aromatic heterocycles. The Hall–Kier alpha value is -8.72. The fourth-order valence-electron chi connectivity index (χ4n) is 9.84. The standard InChI is InChI=1S/C64H44N2/c1-3-17-45(18-4-1)47-33-35-48(36-34-47)49-37-40-53(41-38-49)65(54-24-15-23-51(43-54)46-19-5-2-6-20-46)64-42-39-52(44-60(64)57-29-16-22-50-21-7-8-25-55(50)57)56-26-9-12-30-61(56)66-62-31-13-10-27-58(62)59-28-11-14-32-63(59)66/h1-44H. The molecule has 0 spiro atoms. The Morgan fingerprint density at radius 2 is 0.727 bits per heavy atom. The van der Waals surface area contributed by atoms with Crippen LogP contribution in [0.5, 0.6) is 0 Å². The molecule has 2 heteroatoms. The van der Waals surface area contributed by atoms with Crippen LogP contribution < -0.4 is 4.90 Å². The van der Waals surface area contributed by atoms with E-state index >= 15 is 0 Å². The molecule has 0 fully saturated rings. The van der Waals surface area contributed by atoms with Crippen molar-refractivity contribution in [1.29, 1.82) is 0 Å². The lowest BCUT2D eigenvalue weighted by Crippen LogP contribution is -2.11. The largest absolute Gasteiger partial charge is 0.310 e. The zero-order valence-corrected chi connectivity index (χ0v) is 36.3. The zero-order chi connectivity index (χ0) is 43.8. The summed E-state index contributed by atoms with van der Waals surface area (Å²) < 4.78 is 2.43. The molecule has 310 valence electrons. The fraction of sp³-hybridized carbons (Fsp3) is 0. The summed E-state index contributed by atoms with van der Waals surface area (Å²) in [5.41, 5.74) is 18.5. The van der Waals surface area contributed by atoms with E-state index in [1.165, 1.54) is 66.0 Å². The van der Waals surface area contributed by atoms with Gasteiger partial charge in [-0.2, -0.15) is 0 Å². The first-order chi connectivity index (χ1) is 32.7. The van der Waals surface area contributed by atoms with Crippen LogP contribution in [0.2, 0.25) is 0 Å². The lowest BCUT2D eigenvalue weighted by molar-refractivity contribution is 1.18.